The van der Waals surface area contributed by atoms with Gasteiger partial charge in [-0.05, 0) is 23.6 Å². The number of carbonyl (C=O) groups is 1. The molecule has 0 fully saturated rings. The van der Waals surface area contributed by atoms with Crippen molar-refractivity contribution in [1.82, 2.24) is 10.3 Å². The van der Waals surface area contributed by atoms with Crippen LogP contribution in [0.15, 0.2) is 35.8 Å². The van der Waals surface area contributed by atoms with Crippen molar-refractivity contribution in [1.29, 1.82) is 0 Å². The van der Waals surface area contributed by atoms with Crippen molar-refractivity contribution < 1.29 is 4.79 Å². The SMILES string of the molecule is NNc1ccc(C(=O)NCc2cccs2)cn1. The number of nitrogen functional groups attached to an aromatic ring is 1. The summed E-state index contributed by atoms with van der Waals surface area (Å²) in [5.74, 6) is 5.57. The number of rotatable bonds is 4. The van der Waals surface area contributed by atoms with Crippen LogP contribution in [0.3, 0.4) is 0 Å². The molecule has 0 aliphatic rings. The Bertz CT molecular complexity index is 481. The van der Waals surface area contributed by atoms with Gasteiger partial charge in [0.2, 0.25) is 0 Å². The van der Waals surface area contributed by atoms with Crippen LogP contribution >= 0.6 is 11.3 Å². The van der Waals surface area contributed by atoms with E-state index in [0.717, 1.165) is 4.88 Å². The summed E-state index contributed by atoms with van der Waals surface area (Å²) in [4.78, 5) is 16.8. The van der Waals surface area contributed by atoms with Gasteiger partial charge < -0.3 is 10.7 Å². The maximum atomic E-state index is 11.7. The largest absolute Gasteiger partial charge is 0.347 e. The van der Waals surface area contributed by atoms with Crippen LogP contribution in [0.4, 0.5) is 5.82 Å². The van der Waals surface area contributed by atoms with Crippen molar-refractivity contribution in [3.8, 4) is 0 Å². The number of thiophene rings is 1. The molecular formula is C11H12N4OS. The van der Waals surface area contributed by atoms with E-state index in [1.54, 1.807) is 23.5 Å². The van der Waals surface area contributed by atoms with E-state index in [1.165, 1.54) is 6.20 Å². The number of carbonyl (C=O) groups excluding carboxylic acids is 1. The van der Waals surface area contributed by atoms with Crippen LogP contribution in [0.5, 0.6) is 0 Å². The zero-order valence-electron chi connectivity index (χ0n) is 9.01. The summed E-state index contributed by atoms with van der Waals surface area (Å²) < 4.78 is 0. The molecule has 0 atom stereocenters. The van der Waals surface area contributed by atoms with E-state index in [2.05, 4.69) is 15.7 Å². The zero-order chi connectivity index (χ0) is 12.1. The van der Waals surface area contributed by atoms with Crippen molar-refractivity contribution in [3.05, 3.63) is 46.3 Å². The van der Waals surface area contributed by atoms with E-state index in [1.807, 2.05) is 17.5 Å². The number of hydrazine groups is 1. The fourth-order valence-electron chi connectivity index (χ4n) is 1.30. The lowest BCUT2D eigenvalue weighted by Crippen LogP contribution is -2.22. The second-order valence-electron chi connectivity index (χ2n) is 3.34. The number of nitrogens with one attached hydrogen (secondary N) is 2. The fraction of sp³-hybridized carbons (Fsp3) is 0.0909. The summed E-state index contributed by atoms with van der Waals surface area (Å²) in [5.41, 5.74) is 2.92. The van der Waals surface area contributed by atoms with Crippen LogP contribution in [0.2, 0.25) is 0 Å². The van der Waals surface area contributed by atoms with Crippen LogP contribution in [0.1, 0.15) is 15.2 Å². The Kier molecular flexibility index (Phi) is 3.69. The molecule has 88 valence electrons. The second kappa shape index (κ2) is 5.42. The monoisotopic (exact) mass is 248 g/mol. The molecule has 2 aromatic heterocycles. The van der Waals surface area contributed by atoms with Crippen molar-refractivity contribution in [3.63, 3.8) is 0 Å². The number of pyridine rings is 1. The van der Waals surface area contributed by atoms with Crippen molar-refractivity contribution in [2.24, 2.45) is 5.84 Å². The van der Waals surface area contributed by atoms with Gasteiger partial charge >= 0.3 is 0 Å². The predicted molar refractivity (Wildman–Crippen MR) is 67.5 cm³/mol. The van der Waals surface area contributed by atoms with Crippen LogP contribution < -0.4 is 16.6 Å². The molecule has 0 spiro atoms. The van der Waals surface area contributed by atoms with Crippen molar-refractivity contribution in [2.45, 2.75) is 6.54 Å². The molecular weight excluding hydrogens is 236 g/mol. The predicted octanol–water partition coefficient (Wildman–Crippen LogP) is 1.36. The third kappa shape index (κ3) is 3.02. The lowest BCUT2D eigenvalue weighted by atomic mass is 10.2. The van der Waals surface area contributed by atoms with Gasteiger partial charge in [0.05, 0.1) is 12.1 Å². The molecule has 0 saturated carbocycles. The Morgan fingerprint density at radius 2 is 2.29 bits per heavy atom. The summed E-state index contributed by atoms with van der Waals surface area (Å²) in [5, 5.41) is 4.80. The average Bonchev–Trinajstić information content (AvgIpc) is 2.89. The Hall–Kier alpha value is -1.92. The molecule has 1 amide bonds. The maximum absolute atomic E-state index is 11.7. The molecule has 4 N–H and O–H groups in total. The molecule has 2 rings (SSSR count). The summed E-state index contributed by atoms with van der Waals surface area (Å²) >= 11 is 1.61. The minimum Gasteiger partial charge on any atom is -0.347 e. The number of anilines is 1. The van der Waals surface area contributed by atoms with E-state index < -0.39 is 0 Å². The third-order valence-electron chi connectivity index (χ3n) is 2.18. The molecule has 0 saturated heterocycles. The van der Waals surface area contributed by atoms with E-state index in [4.69, 9.17) is 5.84 Å². The molecule has 0 aliphatic carbocycles. The molecule has 2 aromatic rings. The normalized spacial score (nSPS) is 9.94. The van der Waals surface area contributed by atoms with Gasteiger partial charge in [-0.1, -0.05) is 6.07 Å². The summed E-state index contributed by atoms with van der Waals surface area (Å²) in [7, 11) is 0. The van der Waals surface area contributed by atoms with Gasteiger partial charge in [0.15, 0.2) is 0 Å². The average molecular weight is 248 g/mol. The van der Waals surface area contributed by atoms with Gasteiger partial charge in [-0.3, -0.25) is 4.79 Å². The lowest BCUT2D eigenvalue weighted by molar-refractivity contribution is 0.0951. The highest BCUT2D eigenvalue weighted by Crippen LogP contribution is 2.08. The van der Waals surface area contributed by atoms with Gasteiger partial charge in [0.25, 0.3) is 5.91 Å². The molecule has 5 nitrogen and oxygen atoms in total. The number of hydrogen-bond donors (Lipinski definition) is 3. The van der Waals surface area contributed by atoms with E-state index in [-0.39, 0.29) is 5.91 Å². The first-order valence-corrected chi connectivity index (χ1v) is 5.91. The highest BCUT2D eigenvalue weighted by Gasteiger charge is 2.05. The van der Waals surface area contributed by atoms with E-state index in [0.29, 0.717) is 17.9 Å². The third-order valence-corrected chi connectivity index (χ3v) is 3.05. The molecule has 2 heterocycles. The Morgan fingerprint density at radius 1 is 1.41 bits per heavy atom. The van der Waals surface area contributed by atoms with Crippen LogP contribution in [0, 0.1) is 0 Å². The molecule has 0 radical (unpaired) electrons. The standard InChI is InChI=1S/C11H12N4OS/c12-15-10-4-3-8(6-13-10)11(16)14-7-9-2-1-5-17-9/h1-6H,7,12H2,(H,13,15)(H,14,16). The smallest absolute Gasteiger partial charge is 0.253 e. The van der Waals surface area contributed by atoms with Gasteiger partial charge in [0, 0.05) is 11.1 Å². The van der Waals surface area contributed by atoms with E-state index in [9.17, 15) is 4.79 Å². The van der Waals surface area contributed by atoms with Gasteiger partial charge in [-0.2, -0.15) is 0 Å². The van der Waals surface area contributed by atoms with Gasteiger partial charge in [-0.25, -0.2) is 10.8 Å². The van der Waals surface area contributed by atoms with Gasteiger partial charge in [-0.15, -0.1) is 11.3 Å². The molecule has 0 aliphatic heterocycles. The first-order chi connectivity index (χ1) is 8.29. The summed E-state index contributed by atoms with van der Waals surface area (Å²) in [6, 6.07) is 7.26. The van der Waals surface area contributed by atoms with Crippen LogP contribution in [-0.4, -0.2) is 10.9 Å². The van der Waals surface area contributed by atoms with E-state index >= 15 is 0 Å². The van der Waals surface area contributed by atoms with Crippen molar-refractivity contribution >= 4 is 23.1 Å². The van der Waals surface area contributed by atoms with Crippen molar-refractivity contribution in [2.75, 3.05) is 5.43 Å². The number of hydrogen-bond acceptors (Lipinski definition) is 5. The number of amides is 1. The molecule has 17 heavy (non-hydrogen) atoms. The quantitative estimate of drug-likeness (QED) is 0.564. The number of aromatic nitrogens is 1. The molecule has 0 bridgehead atoms. The first kappa shape index (κ1) is 11.6. The first-order valence-electron chi connectivity index (χ1n) is 5.03. The van der Waals surface area contributed by atoms with Gasteiger partial charge in [0.1, 0.15) is 5.82 Å². The highest BCUT2D eigenvalue weighted by molar-refractivity contribution is 7.09. The molecule has 0 unspecified atom stereocenters. The molecule has 6 heteroatoms. The second-order valence-corrected chi connectivity index (χ2v) is 4.37. The summed E-state index contributed by atoms with van der Waals surface area (Å²) in [6.07, 6.45) is 1.49. The molecule has 0 aromatic carbocycles. The lowest BCUT2D eigenvalue weighted by Gasteiger charge is -2.04. The van der Waals surface area contributed by atoms with Crippen LogP contribution in [0.25, 0.3) is 0 Å². The number of nitrogens with two attached hydrogens (primary N) is 1. The topological polar surface area (TPSA) is 80.0 Å². The Balaban J connectivity index is 1.95. The highest BCUT2D eigenvalue weighted by atomic mass is 32.1. The summed E-state index contributed by atoms with van der Waals surface area (Å²) in [6.45, 7) is 0.535. The maximum Gasteiger partial charge on any atom is 0.253 e. The fourth-order valence-corrected chi connectivity index (χ4v) is 1.94. The Morgan fingerprint density at radius 3 is 2.88 bits per heavy atom. The minimum absolute atomic E-state index is 0.144. The zero-order valence-corrected chi connectivity index (χ0v) is 9.83. The minimum atomic E-state index is -0.144. The Labute approximate surface area is 103 Å². The van der Waals surface area contributed by atoms with Crippen LogP contribution in [-0.2, 0) is 6.54 Å². The number of nitrogens with zero attached hydrogens (tertiary/aromatic N) is 1.